The molecule has 3 atom stereocenters. The summed E-state index contributed by atoms with van der Waals surface area (Å²) in [5.74, 6) is 0.816. The molecule has 2 aliphatic rings. The standard InChI is InChI=1S/C11H15F3O/c12-11(13,14)4-3-10(15)9-6-7-1-2-8(9)5-7/h7-9H,1-6H2. The van der Waals surface area contributed by atoms with Gasteiger partial charge >= 0.3 is 6.18 Å². The van der Waals surface area contributed by atoms with Gasteiger partial charge in [-0.25, -0.2) is 0 Å². The van der Waals surface area contributed by atoms with Crippen LogP contribution in [0, 0.1) is 17.8 Å². The molecule has 2 rings (SSSR count). The molecule has 2 fully saturated rings. The van der Waals surface area contributed by atoms with Gasteiger partial charge in [-0.05, 0) is 31.1 Å². The summed E-state index contributed by atoms with van der Waals surface area (Å²) in [6, 6.07) is 0. The highest BCUT2D eigenvalue weighted by Gasteiger charge is 2.43. The lowest BCUT2D eigenvalue weighted by atomic mass is 9.84. The van der Waals surface area contributed by atoms with Gasteiger partial charge in [0.1, 0.15) is 5.78 Å². The molecule has 15 heavy (non-hydrogen) atoms. The van der Waals surface area contributed by atoms with E-state index in [2.05, 4.69) is 0 Å². The van der Waals surface area contributed by atoms with Gasteiger partial charge in [-0.1, -0.05) is 6.42 Å². The van der Waals surface area contributed by atoms with Crippen LogP contribution >= 0.6 is 0 Å². The Hall–Kier alpha value is -0.540. The van der Waals surface area contributed by atoms with Crippen LogP contribution in [0.5, 0.6) is 0 Å². The van der Waals surface area contributed by atoms with Crippen molar-refractivity contribution in [3.05, 3.63) is 0 Å². The molecule has 86 valence electrons. The van der Waals surface area contributed by atoms with E-state index in [1.54, 1.807) is 0 Å². The van der Waals surface area contributed by atoms with Crippen molar-refractivity contribution >= 4 is 5.78 Å². The first kappa shape index (κ1) is 11.0. The van der Waals surface area contributed by atoms with Gasteiger partial charge in [-0.15, -0.1) is 0 Å². The molecule has 0 aromatic rings. The summed E-state index contributed by atoms with van der Waals surface area (Å²) < 4.78 is 35.8. The Labute approximate surface area is 87.0 Å². The maximum Gasteiger partial charge on any atom is 0.389 e. The van der Waals surface area contributed by atoms with E-state index in [9.17, 15) is 18.0 Å². The molecule has 0 saturated heterocycles. The number of Topliss-reactive ketones (excluding diaryl/α,β-unsaturated/α-hetero) is 1. The van der Waals surface area contributed by atoms with Crippen LogP contribution in [0.3, 0.4) is 0 Å². The van der Waals surface area contributed by atoms with Crippen LogP contribution in [0.1, 0.15) is 38.5 Å². The van der Waals surface area contributed by atoms with Gasteiger partial charge in [0.2, 0.25) is 0 Å². The molecule has 0 radical (unpaired) electrons. The number of rotatable bonds is 3. The Balaban J connectivity index is 1.82. The molecule has 4 heteroatoms. The van der Waals surface area contributed by atoms with Crippen LogP contribution < -0.4 is 0 Å². The highest BCUT2D eigenvalue weighted by molar-refractivity contribution is 5.81. The molecular formula is C11H15F3O. The van der Waals surface area contributed by atoms with Crippen LogP contribution in [-0.4, -0.2) is 12.0 Å². The van der Waals surface area contributed by atoms with Crippen molar-refractivity contribution in [1.29, 1.82) is 0 Å². The summed E-state index contributed by atoms with van der Waals surface area (Å²) in [7, 11) is 0. The van der Waals surface area contributed by atoms with E-state index < -0.39 is 12.6 Å². The number of ketones is 1. The summed E-state index contributed by atoms with van der Waals surface area (Å²) in [5, 5.41) is 0. The summed E-state index contributed by atoms with van der Waals surface area (Å²) in [6.07, 6.45) is -1.30. The zero-order chi connectivity index (χ0) is 11.1. The molecule has 2 aliphatic carbocycles. The molecule has 0 aromatic heterocycles. The molecule has 1 nitrogen and oxygen atoms in total. The first-order valence-corrected chi connectivity index (χ1v) is 5.55. The summed E-state index contributed by atoms with van der Waals surface area (Å²) in [6.45, 7) is 0. The number of hydrogen-bond donors (Lipinski definition) is 0. The van der Waals surface area contributed by atoms with E-state index in [1.807, 2.05) is 0 Å². The molecule has 0 amide bonds. The summed E-state index contributed by atoms with van der Waals surface area (Å²) in [4.78, 5) is 11.6. The van der Waals surface area contributed by atoms with E-state index in [1.165, 1.54) is 6.42 Å². The molecule has 0 N–H and O–H groups in total. The summed E-state index contributed by atoms with van der Waals surface area (Å²) >= 11 is 0. The molecule has 0 aromatic carbocycles. The van der Waals surface area contributed by atoms with Gasteiger partial charge in [-0.3, -0.25) is 4.79 Å². The second-order valence-corrected chi connectivity index (χ2v) is 4.86. The lowest BCUT2D eigenvalue weighted by Gasteiger charge is -2.20. The second-order valence-electron chi connectivity index (χ2n) is 4.86. The summed E-state index contributed by atoms with van der Waals surface area (Å²) in [5.41, 5.74) is 0. The normalized spacial score (nSPS) is 34.7. The number of alkyl halides is 3. The Kier molecular flexibility index (Phi) is 2.77. The fraction of sp³-hybridized carbons (Fsp3) is 0.909. The maximum absolute atomic E-state index is 11.9. The molecule has 2 bridgehead atoms. The van der Waals surface area contributed by atoms with Crippen molar-refractivity contribution in [2.24, 2.45) is 17.8 Å². The Morgan fingerprint density at radius 3 is 2.40 bits per heavy atom. The van der Waals surface area contributed by atoms with E-state index >= 15 is 0 Å². The van der Waals surface area contributed by atoms with Crippen molar-refractivity contribution in [1.82, 2.24) is 0 Å². The van der Waals surface area contributed by atoms with Crippen LogP contribution in [0.25, 0.3) is 0 Å². The van der Waals surface area contributed by atoms with Crippen molar-refractivity contribution in [2.75, 3.05) is 0 Å². The molecule has 3 unspecified atom stereocenters. The van der Waals surface area contributed by atoms with Crippen LogP contribution in [0.2, 0.25) is 0 Å². The molecule has 0 aliphatic heterocycles. The topological polar surface area (TPSA) is 17.1 Å². The van der Waals surface area contributed by atoms with E-state index in [-0.39, 0.29) is 18.1 Å². The lowest BCUT2D eigenvalue weighted by molar-refractivity contribution is -0.145. The number of carbonyl (C=O) groups is 1. The van der Waals surface area contributed by atoms with Gasteiger partial charge < -0.3 is 0 Å². The number of halogens is 3. The minimum absolute atomic E-state index is 0.0499. The highest BCUT2D eigenvalue weighted by atomic mass is 19.4. The third kappa shape index (κ3) is 2.52. The molecular weight excluding hydrogens is 205 g/mol. The minimum atomic E-state index is -4.19. The maximum atomic E-state index is 11.9. The SMILES string of the molecule is O=C(CCC(F)(F)F)C1CC2CCC1C2. The van der Waals surface area contributed by atoms with Crippen LogP contribution in [-0.2, 0) is 4.79 Å². The second kappa shape index (κ2) is 3.80. The average Bonchev–Trinajstić information content (AvgIpc) is 2.73. The third-order valence-electron chi connectivity index (χ3n) is 3.81. The Bertz CT molecular complexity index is 259. The zero-order valence-electron chi connectivity index (χ0n) is 8.52. The Morgan fingerprint density at radius 2 is 1.93 bits per heavy atom. The quantitative estimate of drug-likeness (QED) is 0.713. The van der Waals surface area contributed by atoms with Gasteiger partial charge in [0.25, 0.3) is 0 Å². The van der Waals surface area contributed by atoms with Crippen LogP contribution in [0.4, 0.5) is 13.2 Å². The Morgan fingerprint density at radius 1 is 1.20 bits per heavy atom. The predicted molar refractivity (Wildman–Crippen MR) is 49.2 cm³/mol. The molecule has 0 heterocycles. The minimum Gasteiger partial charge on any atom is -0.299 e. The van der Waals surface area contributed by atoms with Gasteiger partial charge in [0.05, 0.1) is 6.42 Å². The fourth-order valence-electron chi connectivity index (χ4n) is 3.09. The average molecular weight is 220 g/mol. The van der Waals surface area contributed by atoms with E-state index in [0.29, 0.717) is 11.8 Å². The number of hydrogen-bond acceptors (Lipinski definition) is 1. The monoisotopic (exact) mass is 220 g/mol. The van der Waals surface area contributed by atoms with Crippen LogP contribution in [0.15, 0.2) is 0 Å². The van der Waals surface area contributed by atoms with Gasteiger partial charge in [0.15, 0.2) is 0 Å². The van der Waals surface area contributed by atoms with E-state index in [4.69, 9.17) is 0 Å². The predicted octanol–water partition coefficient (Wildman–Crippen LogP) is 3.33. The van der Waals surface area contributed by atoms with Crippen molar-refractivity contribution in [3.8, 4) is 0 Å². The first-order chi connectivity index (χ1) is 6.96. The lowest BCUT2D eigenvalue weighted by Crippen LogP contribution is -2.22. The molecule has 0 spiro atoms. The fourth-order valence-corrected chi connectivity index (χ4v) is 3.09. The van der Waals surface area contributed by atoms with Gasteiger partial charge in [0, 0.05) is 12.3 Å². The van der Waals surface area contributed by atoms with Crippen molar-refractivity contribution in [3.63, 3.8) is 0 Å². The molecule has 2 saturated carbocycles. The van der Waals surface area contributed by atoms with Crippen molar-refractivity contribution in [2.45, 2.75) is 44.7 Å². The number of carbonyl (C=O) groups excluding carboxylic acids is 1. The highest BCUT2D eigenvalue weighted by Crippen LogP contribution is 2.49. The van der Waals surface area contributed by atoms with Crippen molar-refractivity contribution < 1.29 is 18.0 Å². The van der Waals surface area contributed by atoms with Gasteiger partial charge in [-0.2, -0.15) is 13.2 Å². The smallest absolute Gasteiger partial charge is 0.299 e. The third-order valence-corrected chi connectivity index (χ3v) is 3.81. The number of fused-ring (bicyclic) bond motifs is 2. The first-order valence-electron chi connectivity index (χ1n) is 5.55. The largest absolute Gasteiger partial charge is 0.389 e. The van der Waals surface area contributed by atoms with E-state index in [0.717, 1.165) is 19.3 Å². The zero-order valence-corrected chi connectivity index (χ0v) is 8.52.